The molecular formula is C14H20BrN3O2S. The molecule has 0 bridgehead atoms. The SMILES string of the molecule is CC(C)CC(=O)N1CCc2nc(NC(=O)CCBr)sc2C1. The number of fused-ring (bicyclic) bond motifs is 1. The van der Waals surface area contributed by atoms with Gasteiger partial charge in [0.25, 0.3) is 0 Å². The average molecular weight is 374 g/mol. The summed E-state index contributed by atoms with van der Waals surface area (Å²) in [6.07, 6.45) is 1.79. The molecular weight excluding hydrogens is 354 g/mol. The molecule has 0 aliphatic carbocycles. The molecule has 1 aromatic rings. The van der Waals surface area contributed by atoms with Crippen LogP contribution in [0.5, 0.6) is 0 Å². The minimum absolute atomic E-state index is 0.0364. The fourth-order valence-corrected chi connectivity index (χ4v) is 3.61. The van der Waals surface area contributed by atoms with Gasteiger partial charge in [-0.1, -0.05) is 41.1 Å². The van der Waals surface area contributed by atoms with Gasteiger partial charge in [0.15, 0.2) is 5.13 Å². The zero-order valence-electron chi connectivity index (χ0n) is 12.3. The number of alkyl halides is 1. The Kier molecular flexibility index (Phi) is 5.75. The van der Waals surface area contributed by atoms with Gasteiger partial charge < -0.3 is 10.2 Å². The molecule has 21 heavy (non-hydrogen) atoms. The lowest BCUT2D eigenvalue weighted by Crippen LogP contribution is -2.36. The lowest BCUT2D eigenvalue weighted by molar-refractivity contribution is -0.132. The Morgan fingerprint density at radius 3 is 2.90 bits per heavy atom. The van der Waals surface area contributed by atoms with Crippen molar-refractivity contribution in [3.05, 3.63) is 10.6 Å². The van der Waals surface area contributed by atoms with Gasteiger partial charge in [0.2, 0.25) is 11.8 Å². The van der Waals surface area contributed by atoms with E-state index in [0.29, 0.717) is 35.8 Å². The molecule has 1 aliphatic heterocycles. The molecule has 2 rings (SSSR count). The minimum atomic E-state index is -0.0364. The number of carbonyl (C=O) groups excluding carboxylic acids is 2. The van der Waals surface area contributed by atoms with Crippen LogP contribution < -0.4 is 5.32 Å². The van der Waals surface area contributed by atoms with Gasteiger partial charge in [0.05, 0.1) is 12.2 Å². The number of amides is 2. The number of aromatic nitrogens is 1. The summed E-state index contributed by atoms with van der Waals surface area (Å²) in [5.74, 6) is 0.541. The van der Waals surface area contributed by atoms with E-state index in [-0.39, 0.29) is 11.8 Å². The highest BCUT2D eigenvalue weighted by Gasteiger charge is 2.24. The summed E-state index contributed by atoms with van der Waals surface area (Å²) in [5.41, 5.74) is 1.02. The van der Waals surface area contributed by atoms with Crippen molar-refractivity contribution in [3.8, 4) is 0 Å². The number of thiazole rings is 1. The predicted molar refractivity (Wildman–Crippen MR) is 87.7 cm³/mol. The van der Waals surface area contributed by atoms with E-state index in [1.165, 1.54) is 11.3 Å². The van der Waals surface area contributed by atoms with Crippen molar-refractivity contribution in [3.63, 3.8) is 0 Å². The van der Waals surface area contributed by atoms with Crippen molar-refractivity contribution < 1.29 is 9.59 Å². The molecule has 5 nitrogen and oxygen atoms in total. The lowest BCUT2D eigenvalue weighted by Gasteiger charge is -2.26. The Balaban J connectivity index is 1.99. The number of carbonyl (C=O) groups is 2. The van der Waals surface area contributed by atoms with E-state index >= 15 is 0 Å². The monoisotopic (exact) mass is 373 g/mol. The molecule has 0 atom stereocenters. The van der Waals surface area contributed by atoms with Crippen LogP contribution in [0.25, 0.3) is 0 Å². The molecule has 2 amide bonds. The molecule has 7 heteroatoms. The van der Waals surface area contributed by atoms with Gasteiger partial charge in [0, 0.05) is 36.0 Å². The molecule has 116 valence electrons. The van der Waals surface area contributed by atoms with Gasteiger partial charge in [-0.2, -0.15) is 0 Å². The number of hydrogen-bond donors (Lipinski definition) is 1. The molecule has 1 N–H and O–H groups in total. The van der Waals surface area contributed by atoms with Gasteiger partial charge >= 0.3 is 0 Å². The summed E-state index contributed by atoms with van der Waals surface area (Å²) < 4.78 is 0. The Labute approximate surface area is 137 Å². The third-order valence-electron chi connectivity index (χ3n) is 3.23. The number of hydrogen-bond acceptors (Lipinski definition) is 4. The zero-order valence-corrected chi connectivity index (χ0v) is 14.7. The van der Waals surface area contributed by atoms with Crippen LogP contribution in [-0.2, 0) is 22.6 Å². The van der Waals surface area contributed by atoms with Gasteiger partial charge in [-0.05, 0) is 5.92 Å². The molecule has 2 heterocycles. The van der Waals surface area contributed by atoms with Crippen molar-refractivity contribution >= 4 is 44.2 Å². The smallest absolute Gasteiger partial charge is 0.226 e. The Morgan fingerprint density at radius 2 is 2.24 bits per heavy atom. The van der Waals surface area contributed by atoms with Crippen LogP contribution in [0.1, 0.15) is 37.3 Å². The molecule has 0 aromatic carbocycles. The lowest BCUT2D eigenvalue weighted by atomic mass is 10.1. The van der Waals surface area contributed by atoms with E-state index < -0.39 is 0 Å². The summed E-state index contributed by atoms with van der Waals surface area (Å²) in [6, 6.07) is 0. The van der Waals surface area contributed by atoms with Crippen molar-refractivity contribution in [2.75, 3.05) is 17.2 Å². The number of rotatable bonds is 5. The molecule has 0 spiro atoms. The molecule has 0 saturated carbocycles. The van der Waals surface area contributed by atoms with Crippen molar-refractivity contribution in [1.29, 1.82) is 0 Å². The van der Waals surface area contributed by atoms with E-state index in [0.717, 1.165) is 23.5 Å². The second-order valence-corrected chi connectivity index (χ2v) is 7.42. The largest absolute Gasteiger partial charge is 0.337 e. The predicted octanol–water partition coefficient (Wildman–Crippen LogP) is 2.80. The maximum Gasteiger partial charge on any atom is 0.226 e. The molecule has 0 radical (unpaired) electrons. The molecule has 0 saturated heterocycles. The first kappa shape index (κ1) is 16.4. The van der Waals surface area contributed by atoms with Crippen LogP contribution in [0, 0.1) is 5.92 Å². The standard InChI is InChI=1S/C14H20BrN3O2S/c1-9(2)7-13(20)18-6-4-10-11(8-18)21-14(16-10)17-12(19)3-5-15/h9H,3-8H2,1-2H3,(H,16,17,19). The van der Waals surface area contributed by atoms with E-state index in [1.807, 2.05) is 4.90 Å². The summed E-state index contributed by atoms with van der Waals surface area (Å²) in [5, 5.41) is 4.09. The van der Waals surface area contributed by atoms with Crippen LogP contribution in [-0.4, -0.2) is 33.6 Å². The molecule has 1 aliphatic rings. The Hall–Kier alpha value is -0.950. The maximum atomic E-state index is 12.1. The molecule has 0 fully saturated rings. The highest BCUT2D eigenvalue weighted by atomic mass is 79.9. The van der Waals surface area contributed by atoms with E-state index in [1.54, 1.807) is 0 Å². The van der Waals surface area contributed by atoms with Gasteiger partial charge in [-0.15, -0.1) is 0 Å². The fraction of sp³-hybridized carbons (Fsp3) is 0.643. The van der Waals surface area contributed by atoms with Gasteiger partial charge in [-0.25, -0.2) is 4.98 Å². The quantitative estimate of drug-likeness (QED) is 0.807. The van der Waals surface area contributed by atoms with Gasteiger partial charge in [-0.3, -0.25) is 9.59 Å². The maximum absolute atomic E-state index is 12.1. The fourth-order valence-electron chi connectivity index (χ4n) is 2.21. The van der Waals surface area contributed by atoms with Crippen molar-refractivity contribution in [2.45, 2.75) is 39.7 Å². The third kappa shape index (κ3) is 4.51. The first-order valence-electron chi connectivity index (χ1n) is 7.11. The average Bonchev–Trinajstić information content (AvgIpc) is 2.78. The van der Waals surface area contributed by atoms with Crippen LogP contribution in [0.4, 0.5) is 5.13 Å². The third-order valence-corrected chi connectivity index (χ3v) is 4.63. The first-order valence-corrected chi connectivity index (χ1v) is 9.05. The molecule has 0 unspecified atom stereocenters. The van der Waals surface area contributed by atoms with E-state index in [2.05, 4.69) is 40.1 Å². The Bertz CT molecular complexity index is 530. The molecule has 1 aromatic heterocycles. The van der Waals surface area contributed by atoms with Gasteiger partial charge in [0.1, 0.15) is 0 Å². The highest BCUT2D eigenvalue weighted by Crippen LogP contribution is 2.29. The second kappa shape index (κ2) is 7.35. The summed E-state index contributed by atoms with van der Waals surface area (Å²) in [7, 11) is 0. The topological polar surface area (TPSA) is 62.3 Å². The summed E-state index contributed by atoms with van der Waals surface area (Å²) >= 11 is 4.72. The number of anilines is 1. The first-order chi connectivity index (χ1) is 9.99. The van der Waals surface area contributed by atoms with Crippen LogP contribution in [0.3, 0.4) is 0 Å². The van der Waals surface area contributed by atoms with E-state index in [4.69, 9.17) is 0 Å². The second-order valence-electron chi connectivity index (χ2n) is 5.54. The number of nitrogens with zero attached hydrogens (tertiary/aromatic N) is 2. The minimum Gasteiger partial charge on any atom is -0.337 e. The van der Waals surface area contributed by atoms with Crippen LogP contribution in [0.2, 0.25) is 0 Å². The van der Waals surface area contributed by atoms with E-state index in [9.17, 15) is 9.59 Å². The number of halogens is 1. The van der Waals surface area contributed by atoms with Crippen LogP contribution in [0.15, 0.2) is 0 Å². The van der Waals surface area contributed by atoms with Crippen molar-refractivity contribution in [1.82, 2.24) is 9.88 Å². The van der Waals surface area contributed by atoms with Crippen molar-refractivity contribution in [2.24, 2.45) is 5.92 Å². The Morgan fingerprint density at radius 1 is 1.48 bits per heavy atom. The van der Waals surface area contributed by atoms with Crippen LogP contribution >= 0.6 is 27.3 Å². The number of nitrogens with one attached hydrogen (secondary N) is 1. The zero-order chi connectivity index (χ0) is 15.4. The normalized spacial score (nSPS) is 14.2. The summed E-state index contributed by atoms with van der Waals surface area (Å²) in [6.45, 7) is 5.44. The summed E-state index contributed by atoms with van der Waals surface area (Å²) in [4.78, 5) is 31.1. The highest BCUT2D eigenvalue weighted by molar-refractivity contribution is 9.09.